The molecule has 74 valence electrons. The molecule has 0 saturated carbocycles. The highest BCUT2D eigenvalue weighted by molar-refractivity contribution is 5.35. The molecule has 1 atom stereocenters. The monoisotopic (exact) mass is 180 g/mol. The van der Waals surface area contributed by atoms with Crippen LogP contribution in [0.15, 0.2) is 23.4 Å². The second kappa shape index (κ2) is 2.88. The predicted octanol–water partition coefficient (Wildman–Crippen LogP) is 1.92. The van der Waals surface area contributed by atoms with Gasteiger partial charge in [0.2, 0.25) is 0 Å². The van der Waals surface area contributed by atoms with Gasteiger partial charge in [-0.25, -0.2) is 0 Å². The summed E-state index contributed by atoms with van der Waals surface area (Å²) in [6.07, 6.45) is 4.80. The van der Waals surface area contributed by atoms with Gasteiger partial charge in [-0.15, -0.1) is 0 Å². The zero-order chi connectivity index (χ0) is 10.3. The summed E-state index contributed by atoms with van der Waals surface area (Å²) in [5.74, 6) is 0. The Balaban J connectivity index is 3.08. The third-order valence-corrected chi connectivity index (χ3v) is 2.46. The van der Waals surface area contributed by atoms with Crippen molar-refractivity contribution in [2.75, 3.05) is 0 Å². The second-order valence-electron chi connectivity index (χ2n) is 5.17. The molecule has 0 spiro atoms. The smallest absolute Gasteiger partial charge is 0.0403 e. The van der Waals surface area contributed by atoms with Crippen molar-refractivity contribution in [2.24, 2.45) is 16.9 Å². The second-order valence-corrected chi connectivity index (χ2v) is 5.17. The van der Waals surface area contributed by atoms with Gasteiger partial charge in [-0.3, -0.25) is 0 Å². The van der Waals surface area contributed by atoms with Gasteiger partial charge in [-0.2, -0.15) is 0 Å². The van der Waals surface area contributed by atoms with E-state index in [1.165, 1.54) is 5.57 Å². The zero-order valence-electron chi connectivity index (χ0n) is 9.02. The van der Waals surface area contributed by atoms with Crippen LogP contribution in [0.4, 0.5) is 0 Å². The van der Waals surface area contributed by atoms with E-state index in [1.807, 2.05) is 13.0 Å². The molecule has 0 amide bonds. The van der Waals surface area contributed by atoms with E-state index >= 15 is 0 Å². The first-order valence-corrected chi connectivity index (χ1v) is 4.70. The lowest BCUT2D eigenvalue weighted by atomic mass is 9.71. The molecule has 0 radical (unpaired) electrons. The first-order valence-electron chi connectivity index (χ1n) is 4.70. The minimum absolute atomic E-state index is 0.126. The summed E-state index contributed by atoms with van der Waals surface area (Å²) in [5.41, 5.74) is 14.0. The number of allylic oxidation sites excluding steroid dienone is 2. The van der Waals surface area contributed by atoms with Crippen molar-refractivity contribution >= 4 is 0 Å². The molecule has 13 heavy (non-hydrogen) atoms. The third kappa shape index (κ3) is 2.13. The van der Waals surface area contributed by atoms with Gasteiger partial charge in [-0.1, -0.05) is 26.8 Å². The van der Waals surface area contributed by atoms with Crippen molar-refractivity contribution in [3.05, 3.63) is 23.4 Å². The molecule has 0 fully saturated rings. The van der Waals surface area contributed by atoms with Gasteiger partial charge in [0.15, 0.2) is 0 Å². The Morgan fingerprint density at radius 3 is 2.23 bits per heavy atom. The molecule has 0 aromatic rings. The van der Waals surface area contributed by atoms with Crippen LogP contribution < -0.4 is 11.5 Å². The van der Waals surface area contributed by atoms with E-state index in [0.717, 1.165) is 12.1 Å². The molecular formula is C11H20N2. The predicted molar refractivity (Wildman–Crippen MR) is 57.0 cm³/mol. The summed E-state index contributed by atoms with van der Waals surface area (Å²) >= 11 is 0. The van der Waals surface area contributed by atoms with Crippen LogP contribution in [0.1, 0.15) is 34.1 Å². The Kier molecular flexibility index (Phi) is 2.28. The number of nitrogens with two attached hydrogens (primary N) is 2. The maximum Gasteiger partial charge on any atom is 0.0403 e. The molecule has 1 aliphatic rings. The van der Waals surface area contributed by atoms with Crippen LogP contribution in [0.5, 0.6) is 0 Å². The summed E-state index contributed by atoms with van der Waals surface area (Å²) in [5, 5.41) is 0. The van der Waals surface area contributed by atoms with Crippen molar-refractivity contribution < 1.29 is 0 Å². The lowest BCUT2D eigenvalue weighted by Crippen LogP contribution is -2.45. The van der Waals surface area contributed by atoms with E-state index < -0.39 is 0 Å². The maximum absolute atomic E-state index is 6.21. The summed E-state index contributed by atoms with van der Waals surface area (Å²) in [4.78, 5) is 0. The summed E-state index contributed by atoms with van der Waals surface area (Å²) in [6, 6.07) is 0. The highest BCUT2D eigenvalue weighted by Gasteiger charge is 2.33. The molecule has 4 N–H and O–H groups in total. The van der Waals surface area contributed by atoms with Gasteiger partial charge in [0, 0.05) is 17.7 Å². The minimum Gasteiger partial charge on any atom is -0.402 e. The van der Waals surface area contributed by atoms with E-state index in [4.69, 9.17) is 11.5 Å². The molecule has 2 heteroatoms. The summed E-state index contributed by atoms with van der Waals surface area (Å²) in [7, 11) is 0. The van der Waals surface area contributed by atoms with Crippen molar-refractivity contribution in [1.29, 1.82) is 0 Å². The molecule has 0 saturated heterocycles. The Bertz CT molecular complexity index is 264. The average Bonchev–Trinajstić information content (AvgIpc) is 1.79. The molecule has 0 heterocycles. The van der Waals surface area contributed by atoms with Crippen molar-refractivity contribution in [3.8, 4) is 0 Å². The van der Waals surface area contributed by atoms with Crippen LogP contribution in [0.25, 0.3) is 0 Å². The normalized spacial score (nSPS) is 29.6. The highest BCUT2D eigenvalue weighted by Crippen LogP contribution is 2.37. The van der Waals surface area contributed by atoms with Crippen molar-refractivity contribution in [2.45, 2.75) is 39.7 Å². The average molecular weight is 180 g/mol. The molecule has 1 rings (SSSR count). The SMILES string of the molecule is CC(C)(C)C1=CC=C(N)CC1(C)N. The van der Waals surface area contributed by atoms with Crippen LogP contribution in [0.2, 0.25) is 0 Å². The van der Waals surface area contributed by atoms with Crippen LogP contribution in [0, 0.1) is 5.41 Å². The first-order chi connectivity index (χ1) is 5.73. The van der Waals surface area contributed by atoms with Crippen molar-refractivity contribution in [3.63, 3.8) is 0 Å². The Labute approximate surface area is 80.7 Å². The lowest BCUT2D eigenvalue weighted by Gasteiger charge is -2.38. The summed E-state index contributed by atoms with van der Waals surface area (Å²) in [6.45, 7) is 8.59. The van der Waals surface area contributed by atoms with E-state index in [2.05, 4.69) is 26.8 Å². The van der Waals surface area contributed by atoms with Gasteiger partial charge in [0.25, 0.3) is 0 Å². The van der Waals surface area contributed by atoms with Crippen LogP contribution in [-0.4, -0.2) is 5.54 Å². The molecule has 0 aromatic heterocycles. The van der Waals surface area contributed by atoms with Crippen molar-refractivity contribution in [1.82, 2.24) is 0 Å². The van der Waals surface area contributed by atoms with Crippen LogP contribution >= 0.6 is 0 Å². The quantitative estimate of drug-likeness (QED) is 0.598. The fourth-order valence-electron chi connectivity index (χ4n) is 2.07. The molecule has 0 bridgehead atoms. The number of rotatable bonds is 0. The largest absolute Gasteiger partial charge is 0.402 e. The molecule has 2 nitrogen and oxygen atoms in total. The first kappa shape index (κ1) is 10.3. The fraction of sp³-hybridized carbons (Fsp3) is 0.636. The number of hydrogen-bond donors (Lipinski definition) is 2. The van der Waals surface area contributed by atoms with Gasteiger partial charge in [0.05, 0.1) is 0 Å². The Hall–Kier alpha value is -0.760. The molecule has 0 aromatic carbocycles. The topological polar surface area (TPSA) is 52.0 Å². The Morgan fingerprint density at radius 2 is 1.85 bits per heavy atom. The standard InChI is InChI=1S/C11H20N2/c1-10(2,3)9-6-5-8(12)7-11(9,4)13/h5-6H,7,12-13H2,1-4H3. The zero-order valence-corrected chi connectivity index (χ0v) is 9.02. The Morgan fingerprint density at radius 1 is 1.31 bits per heavy atom. The van der Waals surface area contributed by atoms with E-state index in [1.54, 1.807) is 0 Å². The minimum atomic E-state index is -0.281. The molecule has 1 aliphatic carbocycles. The lowest BCUT2D eigenvalue weighted by molar-refractivity contribution is 0.387. The molecule has 0 aliphatic heterocycles. The van der Waals surface area contributed by atoms with Crippen LogP contribution in [-0.2, 0) is 0 Å². The van der Waals surface area contributed by atoms with E-state index in [-0.39, 0.29) is 11.0 Å². The van der Waals surface area contributed by atoms with Crippen LogP contribution in [0.3, 0.4) is 0 Å². The highest BCUT2D eigenvalue weighted by atomic mass is 14.8. The fourth-order valence-corrected chi connectivity index (χ4v) is 2.07. The third-order valence-electron chi connectivity index (χ3n) is 2.46. The maximum atomic E-state index is 6.21. The van der Waals surface area contributed by atoms with E-state index in [0.29, 0.717) is 0 Å². The number of hydrogen-bond acceptors (Lipinski definition) is 2. The van der Waals surface area contributed by atoms with Gasteiger partial charge in [0.1, 0.15) is 0 Å². The molecule has 1 unspecified atom stereocenters. The van der Waals surface area contributed by atoms with Gasteiger partial charge in [-0.05, 0) is 24.0 Å². The van der Waals surface area contributed by atoms with Gasteiger partial charge < -0.3 is 11.5 Å². The summed E-state index contributed by atoms with van der Waals surface area (Å²) < 4.78 is 0. The van der Waals surface area contributed by atoms with Gasteiger partial charge >= 0.3 is 0 Å². The molecular weight excluding hydrogens is 160 g/mol. The van der Waals surface area contributed by atoms with E-state index in [9.17, 15) is 0 Å².